The highest BCUT2D eigenvalue weighted by Gasteiger charge is 2.29. The Morgan fingerprint density at radius 2 is 1.90 bits per heavy atom. The summed E-state index contributed by atoms with van der Waals surface area (Å²) in [6.45, 7) is 9.78. The number of hydrogen-bond acceptors (Lipinski definition) is 3. The van der Waals surface area contributed by atoms with Gasteiger partial charge in [0.05, 0.1) is 12.1 Å². The molecule has 2 atom stereocenters. The van der Waals surface area contributed by atoms with Crippen LogP contribution >= 0.6 is 0 Å². The van der Waals surface area contributed by atoms with E-state index >= 15 is 0 Å². The third-order valence-electron chi connectivity index (χ3n) is 3.85. The molecule has 1 aromatic heterocycles. The van der Waals surface area contributed by atoms with Gasteiger partial charge < -0.3 is 15.5 Å². The molecule has 2 rings (SSSR count). The van der Waals surface area contributed by atoms with Crippen LogP contribution in [0.15, 0.2) is 28.7 Å². The Kier molecular flexibility index (Phi) is 4.10. The van der Waals surface area contributed by atoms with Gasteiger partial charge in [0.1, 0.15) is 11.3 Å². The van der Waals surface area contributed by atoms with Crippen LogP contribution in [-0.4, -0.2) is 11.9 Å². The number of amides is 1. The number of carbonyl (C=O) groups excluding carboxylic acids is 1. The van der Waals surface area contributed by atoms with Crippen LogP contribution in [-0.2, 0) is 4.79 Å². The van der Waals surface area contributed by atoms with Crippen molar-refractivity contribution in [1.29, 1.82) is 0 Å². The normalized spacial score (nSPS) is 15.0. The molecule has 0 aliphatic carbocycles. The summed E-state index contributed by atoms with van der Waals surface area (Å²) in [6.07, 6.45) is 0. The zero-order valence-electron chi connectivity index (χ0n) is 13.4. The Balaban J connectivity index is 2.21. The van der Waals surface area contributed by atoms with Crippen LogP contribution in [0, 0.1) is 12.3 Å². The minimum Gasteiger partial charge on any atom is -0.459 e. The molecule has 1 amide bonds. The van der Waals surface area contributed by atoms with E-state index in [2.05, 4.69) is 5.32 Å². The van der Waals surface area contributed by atoms with Crippen LogP contribution in [0.5, 0.6) is 0 Å². The molecule has 0 saturated carbocycles. The van der Waals surface area contributed by atoms with Crippen molar-refractivity contribution in [2.24, 2.45) is 11.1 Å². The first-order valence-corrected chi connectivity index (χ1v) is 7.26. The van der Waals surface area contributed by atoms with E-state index < -0.39 is 6.04 Å². The summed E-state index contributed by atoms with van der Waals surface area (Å²) in [7, 11) is 0. The number of hydrogen-bond donors (Lipinski definition) is 2. The zero-order chi connectivity index (χ0) is 15.8. The molecular weight excluding hydrogens is 264 g/mol. The van der Waals surface area contributed by atoms with E-state index in [0.717, 1.165) is 22.3 Å². The van der Waals surface area contributed by atoms with Crippen molar-refractivity contribution >= 4 is 16.9 Å². The summed E-state index contributed by atoms with van der Waals surface area (Å²) in [5.74, 6) is 0.625. The Labute approximate surface area is 125 Å². The van der Waals surface area contributed by atoms with Crippen molar-refractivity contribution in [3.05, 3.63) is 35.6 Å². The maximum absolute atomic E-state index is 12.2. The molecule has 0 aliphatic rings. The highest BCUT2D eigenvalue weighted by atomic mass is 16.3. The van der Waals surface area contributed by atoms with E-state index in [1.54, 1.807) is 0 Å². The third kappa shape index (κ3) is 3.10. The summed E-state index contributed by atoms with van der Waals surface area (Å²) < 4.78 is 5.87. The molecule has 1 unspecified atom stereocenters. The lowest BCUT2D eigenvalue weighted by Crippen LogP contribution is -2.49. The van der Waals surface area contributed by atoms with Crippen LogP contribution in [0.1, 0.15) is 45.1 Å². The lowest BCUT2D eigenvalue weighted by molar-refractivity contribution is -0.125. The molecule has 1 aromatic carbocycles. The fourth-order valence-electron chi connectivity index (χ4n) is 2.37. The number of nitrogens with one attached hydrogen (secondary N) is 1. The van der Waals surface area contributed by atoms with Gasteiger partial charge in [-0.25, -0.2) is 0 Å². The van der Waals surface area contributed by atoms with Gasteiger partial charge in [-0.1, -0.05) is 39.0 Å². The number of nitrogens with two attached hydrogens (primary N) is 1. The predicted molar refractivity (Wildman–Crippen MR) is 84.9 cm³/mol. The van der Waals surface area contributed by atoms with E-state index in [9.17, 15) is 4.79 Å². The predicted octanol–water partition coefficient (Wildman–Crippen LogP) is 3.29. The fourth-order valence-corrected chi connectivity index (χ4v) is 2.37. The standard InChI is InChI=1S/C17H24N2O2/c1-10-12-8-6-7-9-13(12)21-14(10)11(2)19-16(20)15(18)17(3,4)5/h6-9,11,15H,18H2,1-5H3,(H,19,20)/t11?,15-/m1/s1. The van der Waals surface area contributed by atoms with E-state index in [4.69, 9.17) is 10.2 Å². The lowest BCUT2D eigenvalue weighted by atomic mass is 9.87. The minimum atomic E-state index is -0.551. The van der Waals surface area contributed by atoms with Gasteiger partial charge in [-0.2, -0.15) is 0 Å². The monoisotopic (exact) mass is 288 g/mol. The molecule has 0 radical (unpaired) electrons. The fraction of sp³-hybridized carbons (Fsp3) is 0.471. The van der Waals surface area contributed by atoms with E-state index in [0.29, 0.717) is 0 Å². The minimum absolute atomic E-state index is 0.158. The Morgan fingerprint density at radius 3 is 2.48 bits per heavy atom. The van der Waals surface area contributed by atoms with Crippen molar-refractivity contribution in [2.75, 3.05) is 0 Å². The topological polar surface area (TPSA) is 68.3 Å². The molecule has 0 spiro atoms. The molecule has 4 nitrogen and oxygen atoms in total. The smallest absolute Gasteiger partial charge is 0.238 e. The number of benzene rings is 1. The second kappa shape index (κ2) is 5.53. The van der Waals surface area contributed by atoms with E-state index in [1.165, 1.54) is 0 Å². The first-order valence-electron chi connectivity index (χ1n) is 7.26. The van der Waals surface area contributed by atoms with E-state index in [1.807, 2.05) is 58.9 Å². The average molecular weight is 288 g/mol. The molecule has 21 heavy (non-hydrogen) atoms. The van der Waals surface area contributed by atoms with Crippen molar-refractivity contribution in [3.8, 4) is 0 Å². The molecule has 0 bridgehead atoms. The molecule has 0 aliphatic heterocycles. The molecule has 1 heterocycles. The molecule has 0 fully saturated rings. The van der Waals surface area contributed by atoms with Crippen LogP contribution < -0.4 is 11.1 Å². The number of rotatable bonds is 3. The lowest BCUT2D eigenvalue weighted by Gasteiger charge is -2.27. The SMILES string of the molecule is Cc1c(C(C)NC(=O)[C@@H](N)C(C)(C)C)oc2ccccc12. The maximum atomic E-state index is 12.2. The summed E-state index contributed by atoms with van der Waals surface area (Å²) >= 11 is 0. The van der Waals surface area contributed by atoms with Crippen LogP contribution in [0.3, 0.4) is 0 Å². The van der Waals surface area contributed by atoms with Crippen molar-refractivity contribution in [3.63, 3.8) is 0 Å². The Hall–Kier alpha value is -1.81. The van der Waals surface area contributed by atoms with E-state index in [-0.39, 0.29) is 17.4 Å². The van der Waals surface area contributed by atoms with Gasteiger partial charge in [0.15, 0.2) is 0 Å². The van der Waals surface area contributed by atoms with Crippen molar-refractivity contribution in [1.82, 2.24) is 5.32 Å². The van der Waals surface area contributed by atoms with Gasteiger partial charge in [-0.05, 0) is 25.3 Å². The van der Waals surface area contributed by atoms with Gasteiger partial charge in [0.2, 0.25) is 5.91 Å². The second-order valence-electron chi connectivity index (χ2n) is 6.66. The molecule has 114 valence electrons. The number of para-hydroxylation sites is 1. The molecule has 4 heteroatoms. The number of carbonyl (C=O) groups is 1. The third-order valence-corrected chi connectivity index (χ3v) is 3.85. The Morgan fingerprint density at radius 1 is 1.29 bits per heavy atom. The summed E-state index contributed by atoms with van der Waals surface area (Å²) in [4.78, 5) is 12.2. The van der Waals surface area contributed by atoms with Crippen LogP contribution in [0.4, 0.5) is 0 Å². The number of aryl methyl sites for hydroxylation is 1. The first-order chi connectivity index (χ1) is 9.71. The van der Waals surface area contributed by atoms with Gasteiger partial charge in [0, 0.05) is 10.9 Å². The highest BCUT2D eigenvalue weighted by Crippen LogP contribution is 2.29. The van der Waals surface area contributed by atoms with Gasteiger partial charge in [-0.3, -0.25) is 4.79 Å². The molecule has 0 saturated heterocycles. The average Bonchev–Trinajstić information content (AvgIpc) is 2.75. The number of furan rings is 1. The van der Waals surface area contributed by atoms with Crippen molar-refractivity contribution < 1.29 is 9.21 Å². The van der Waals surface area contributed by atoms with Crippen LogP contribution in [0.25, 0.3) is 11.0 Å². The quantitative estimate of drug-likeness (QED) is 0.910. The Bertz CT molecular complexity index is 652. The van der Waals surface area contributed by atoms with Gasteiger partial charge >= 0.3 is 0 Å². The largest absolute Gasteiger partial charge is 0.459 e. The van der Waals surface area contributed by atoms with Gasteiger partial charge in [-0.15, -0.1) is 0 Å². The summed E-state index contributed by atoms with van der Waals surface area (Å²) in [5, 5.41) is 4.02. The highest BCUT2D eigenvalue weighted by molar-refractivity contribution is 5.84. The first kappa shape index (κ1) is 15.6. The summed E-state index contributed by atoms with van der Waals surface area (Å²) in [5.41, 5.74) is 7.62. The van der Waals surface area contributed by atoms with Gasteiger partial charge in [0.25, 0.3) is 0 Å². The molecule has 3 N–H and O–H groups in total. The molecular formula is C17H24N2O2. The second-order valence-corrected chi connectivity index (χ2v) is 6.66. The molecule has 2 aromatic rings. The van der Waals surface area contributed by atoms with Crippen molar-refractivity contribution in [2.45, 2.75) is 46.7 Å². The zero-order valence-corrected chi connectivity index (χ0v) is 13.4. The van der Waals surface area contributed by atoms with Crippen LogP contribution in [0.2, 0.25) is 0 Å². The maximum Gasteiger partial charge on any atom is 0.238 e. The summed E-state index contributed by atoms with van der Waals surface area (Å²) in [6, 6.07) is 7.11. The number of fused-ring (bicyclic) bond motifs is 1.